The largest absolute Gasteiger partial charge is 0.385 e. The van der Waals surface area contributed by atoms with E-state index in [1.807, 2.05) is 54.6 Å². The molecule has 30 heavy (non-hydrogen) atoms. The number of benzene rings is 2. The molecule has 1 aromatic heterocycles. The number of para-hydroxylation sites is 1. The Labute approximate surface area is 175 Å². The highest BCUT2D eigenvalue weighted by Crippen LogP contribution is 2.25. The van der Waals surface area contributed by atoms with Crippen LogP contribution in [0, 0.1) is 12.8 Å². The van der Waals surface area contributed by atoms with Gasteiger partial charge in [0.2, 0.25) is 5.43 Å². The number of carbonyl (C=O) groups excluding carboxylic acids is 1. The van der Waals surface area contributed by atoms with Gasteiger partial charge in [-0.3, -0.25) is 9.59 Å². The average molecular weight is 402 g/mol. The van der Waals surface area contributed by atoms with E-state index < -0.39 is 11.3 Å². The van der Waals surface area contributed by atoms with Gasteiger partial charge in [-0.1, -0.05) is 31.0 Å². The lowest BCUT2D eigenvalue weighted by Crippen LogP contribution is -2.26. The molecule has 154 valence electrons. The van der Waals surface area contributed by atoms with Crippen LogP contribution in [-0.2, 0) is 0 Å². The number of nitrogens with one attached hydrogen (secondary N) is 2. The van der Waals surface area contributed by atoms with Crippen molar-refractivity contribution in [3.8, 4) is 5.69 Å². The van der Waals surface area contributed by atoms with Gasteiger partial charge in [0.05, 0.1) is 5.69 Å². The zero-order valence-electron chi connectivity index (χ0n) is 17.1. The van der Waals surface area contributed by atoms with Crippen LogP contribution in [0.4, 0.5) is 11.4 Å². The van der Waals surface area contributed by atoms with E-state index in [2.05, 4.69) is 15.7 Å². The highest BCUT2D eigenvalue weighted by molar-refractivity contribution is 6.02. The molecule has 1 saturated carbocycles. The molecule has 1 aliphatic carbocycles. The van der Waals surface area contributed by atoms with Gasteiger partial charge < -0.3 is 10.6 Å². The lowest BCUT2D eigenvalue weighted by Gasteiger charge is -2.13. The minimum Gasteiger partial charge on any atom is -0.385 e. The van der Waals surface area contributed by atoms with E-state index in [1.54, 1.807) is 11.6 Å². The number of rotatable bonds is 6. The first-order valence-electron chi connectivity index (χ1n) is 10.4. The van der Waals surface area contributed by atoms with Crippen LogP contribution < -0.4 is 16.1 Å². The van der Waals surface area contributed by atoms with E-state index in [-0.39, 0.29) is 5.69 Å². The number of aromatic nitrogens is 2. The summed E-state index contributed by atoms with van der Waals surface area (Å²) in [5, 5.41) is 10.5. The van der Waals surface area contributed by atoms with Gasteiger partial charge in [-0.25, -0.2) is 4.68 Å². The van der Waals surface area contributed by atoms with Crippen molar-refractivity contribution in [2.45, 2.75) is 32.6 Å². The Morgan fingerprint density at radius 1 is 1.03 bits per heavy atom. The van der Waals surface area contributed by atoms with E-state index >= 15 is 0 Å². The van der Waals surface area contributed by atoms with Crippen LogP contribution in [0.25, 0.3) is 5.69 Å². The predicted molar refractivity (Wildman–Crippen MR) is 119 cm³/mol. The minimum absolute atomic E-state index is 0.132. The standard InChI is InChI=1S/C24H26N4O2/c1-17-15-22(29)23(27-28(17)21-9-3-2-4-10-21)24(30)26-20-13-11-19(12-14-20)25-16-18-7-5-6-8-18/h2-4,9-15,18,25H,5-8,16H2,1H3,(H,26,30). The minimum atomic E-state index is -0.517. The summed E-state index contributed by atoms with van der Waals surface area (Å²) in [6.45, 7) is 2.78. The molecule has 2 N–H and O–H groups in total. The van der Waals surface area contributed by atoms with E-state index in [4.69, 9.17) is 0 Å². The molecule has 0 unspecified atom stereocenters. The van der Waals surface area contributed by atoms with Crippen molar-refractivity contribution in [3.05, 3.63) is 82.3 Å². The third-order valence-corrected chi connectivity index (χ3v) is 5.54. The Kier molecular flexibility index (Phi) is 5.93. The Bertz CT molecular complexity index is 1070. The first-order valence-corrected chi connectivity index (χ1v) is 10.4. The van der Waals surface area contributed by atoms with E-state index in [9.17, 15) is 9.59 Å². The van der Waals surface area contributed by atoms with Crippen molar-refractivity contribution in [2.24, 2.45) is 5.92 Å². The molecule has 2 aromatic carbocycles. The second kappa shape index (κ2) is 8.95. The van der Waals surface area contributed by atoms with E-state index in [0.29, 0.717) is 11.4 Å². The molecule has 1 amide bonds. The monoisotopic (exact) mass is 402 g/mol. The lowest BCUT2D eigenvalue weighted by molar-refractivity contribution is 0.101. The summed E-state index contributed by atoms with van der Waals surface area (Å²) < 4.78 is 1.60. The molecule has 0 aliphatic heterocycles. The van der Waals surface area contributed by atoms with Crippen LogP contribution in [0.3, 0.4) is 0 Å². The predicted octanol–water partition coefficient (Wildman–Crippen LogP) is 4.40. The third-order valence-electron chi connectivity index (χ3n) is 5.54. The van der Waals surface area contributed by atoms with Crippen LogP contribution >= 0.6 is 0 Å². The normalized spacial score (nSPS) is 13.9. The maximum absolute atomic E-state index is 12.7. The van der Waals surface area contributed by atoms with Crippen molar-refractivity contribution in [1.82, 2.24) is 9.78 Å². The van der Waals surface area contributed by atoms with Gasteiger partial charge in [0.25, 0.3) is 5.91 Å². The van der Waals surface area contributed by atoms with Gasteiger partial charge in [-0.05, 0) is 62.1 Å². The summed E-state index contributed by atoms with van der Waals surface area (Å²) in [6, 6.07) is 18.4. The van der Waals surface area contributed by atoms with Crippen molar-refractivity contribution in [2.75, 3.05) is 17.2 Å². The van der Waals surface area contributed by atoms with Crippen LogP contribution in [0.5, 0.6) is 0 Å². The summed E-state index contributed by atoms with van der Waals surface area (Å²) in [5.74, 6) is 0.236. The fourth-order valence-corrected chi connectivity index (χ4v) is 3.87. The number of hydrogen-bond donors (Lipinski definition) is 2. The number of anilines is 2. The SMILES string of the molecule is Cc1cc(=O)c(C(=O)Nc2ccc(NCC3CCCC3)cc2)nn1-c1ccccc1. The van der Waals surface area contributed by atoms with Crippen molar-refractivity contribution >= 4 is 17.3 Å². The molecule has 1 fully saturated rings. The summed E-state index contributed by atoms with van der Waals surface area (Å²) in [6.07, 6.45) is 5.25. The van der Waals surface area contributed by atoms with Gasteiger partial charge in [-0.15, -0.1) is 0 Å². The summed E-state index contributed by atoms with van der Waals surface area (Å²) >= 11 is 0. The molecule has 6 nitrogen and oxygen atoms in total. The molecule has 1 aliphatic rings. The summed E-state index contributed by atoms with van der Waals surface area (Å²) in [5.41, 5.74) is 2.58. The maximum Gasteiger partial charge on any atom is 0.280 e. The van der Waals surface area contributed by atoms with Crippen LogP contribution in [0.2, 0.25) is 0 Å². The molecule has 0 atom stereocenters. The number of nitrogens with zero attached hydrogens (tertiary/aromatic N) is 2. The second-order valence-corrected chi connectivity index (χ2v) is 7.81. The van der Waals surface area contributed by atoms with Gasteiger partial charge in [0, 0.05) is 29.7 Å². The quantitative estimate of drug-likeness (QED) is 0.641. The molecule has 1 heterocycles. The Morgan fingerprint density at radius 3 is 2.40 bits per heavy atom. The highest BCUT2D eigenvalue weighted by atomic mass is 16.2. The molecule has 3 aromatic rings. The molecule has 0 bridgehead atoms. The summed E-state index contributed by atoms with van der Waals surface area (Å²) in [7, 11) is 0. The number of hydrogen-bond acceptors (Lipinski definition) is 4. The highest BCUT2D eigenvalue weighted by Gasteiger charge is 2.16. The fraction of sp³-hybridized carbons (Fsp3) is 0.292. The Balaban J connectivity index is 1.46. The average Bonchev–Trinajstić information content (AvgIpc) is 3.27. The summed E-state index contributed by atoms with van der Waals surface area (Å²) in [4.78, 5) is 25.1. The van der Waals surface area contributed by atoms with E-state index in [0.717, 1.165) is 23.8 Å². The number of aryl methyl sites for hydroxylation is 1. The van der Waals surface area contributed by atoms with Crippen molar-refractivity contribution in [3.63, 3.8) is 0 Å². The molecular formula is C24H26N4O2. The van der Waals surface area contributed by atoms with Crippen LogP contribution in [0.1, 0.15) is 41.9 Å². The maximum atomic E-state index is 12.7. The lowest BCUT2D eigenvalue weighted by atomic mass is 10.1. The third kappa shape index (κ3) is 4.59. The van der Waals surface area contributed by atoms with Crippen molar-refractivity contribution < 1.29 is 4.79 Å². The molecule has 6 heteroatoms. The zero-order chi connectivity index (χ0) is 20.9. The van der Waals surface area contributed by atoms with Crippen LogP contribution in [0.15, 0.2) is 65.5 Å². The molecular weight excluding hydrogens is 376 g/mol. The first-order chi connectivity index (χ1) is 14.6. The fourth-order valence-electron chi connectivity index (χ4n) is 3.87. The molecule has 4 rings (SSSR count). The second-order valence-electron chi connectivity index (χ2n) is 7.81. The first kappa shape index (κ1) is 19.9. The zero-order valence-corrected chi connectivity index (χ0v) is 17.1. The number of carbonyl (C=O) groups is 1. The number of amides is 1. The van der Waals surface area contributed by atoms with E-state index in [1.165, 1.54) is 31.7 Å². The Morgan fingerprint density at radius 2 is 1.70 bits per heavy atom. The van der Waals surface area contributed by atoms with Gasteiger partial charge in [0.1, 0.15) is 0 Å². The van der Waals surface area contributed by atoms with Gasteiger partial charge >= 0.3 is 0 Å². The molecule has 0 spiro atoms. The molecule has 0 saturated heterocycles. The topological polar surface area (TPSA) is 76.0 Å². The smallest absolute Gasteiger partial charge is 0.280 e. The Hall–Kier alpha value is -3.41. The van der Waals surface area contributed by atoms with Gasteiger partial charge in [-0.2, -0.15) is 5.10 Å². The van der Waals surface area contributed by atoms with Crippen molar-refractivity contribution in [1.29, 1.82) is 0 Å². The molecule has 0 radical (unpaired) electrons. The van der Waals surface area contributed by atoms with Gasteiger partial charge in [0.15, 0.2) is 5.69 Å². The van der Waals surface area contributed by atoms with Crippen LogP contribution in [-0.4, -0.2) is 22.2 Å².